The van der Waals surface area contributed by atoms with Gasteiger partial charge in [0.25, 0.3) is 0 Å². The number of thiazole rings is 1. The molecule has 6 aromatic rings. The molecular weight excluding hydrogens is 647 g/mol. The zero-order valence-corrected chi connectivity index (χ0v) is 27.7. The predicted molar refractivity (Wildman–Crippen MR) is 193 cm³/mol. The monoisotopic (exact) mass is 679 g/mol. The molecule has 0 spiro atoms. The van der Waals surface area contributed by atoms with E-state index in [-0.39, 0.29) is 5.69 Å². The Morgan fingerprint density at radius 3 is 1.58 bits per heavy atom. The number of hydrogen-bond donors (Lipinski definition) is 2. The van der Waals surface area contributed by atoms with Crippen molar-refractivity contribution in [1.29, 1.82) is 0 Å². The highest BCUT2D eigenvalue weighted by atomic mass is 32.1. The Kier molecular flexibility index (Phi) is 9.22. The molecule has 0 atom stereocenters. The summed E-state index contributed by atoms with van der Waals surface area (Å²) in [7, 11) is 0. The highest BCUT2D eigenvalue weighted by molar-refractivity contribution is 7.14. The maximum atomic E-state index is 13.6. The lowest BCUT2D eigenvalue weighted by Crippen LogP contribution is -2.38. The maximum absolute atomic E-state index is 13.6. The number of aromatic nitrogens is 1. The third-order valence-corrected chi connectivity index (χ3v) is 9.44. The maximum Gasteiger partial charge on any atom is 0.360 e. The number of carboxylic acid groups (broad SMARTS) is 1. The number of nitrogens with zero attached hydrogens (tertiary/aromatic N) is 2. The van der Waals surface area contributed by atoms with E-state index in [1.165, 1.54) is 11.3 Å². The third-order valence-electron chi connectivity index (χ3n) is 8.68. The smallest absolute Gasteiger partial charge is 0.360 e. The van der Waals surface area contributed by atoms with Gasteiger partial charge >= 0.3 is 11.9 Å². The van der Waals surface area contributed by atoms with Crippen LogP contribution in [0.1, 0.15) is 52.5 Å². The molecule has 9 heteroatoms. The fourth-order valence-corrected chi connectivity index (χ4v) is 6.71. The minimum absolute atomic E-state index is 0.101. The predicted octanol–water partition coefficient (Wildman–Crippen LogP) is 8.22. The van der Waals surface area contributed by atoms with Gasteiger partial charge in [0, 0.05) is 18.2 Å². The fourth-order valence-electron chi connectivity index (χ4n) is 5.95. The first-order chi connectivity index (χ1) is 24.5. The van der Waals surface area contributed by atoms with Crippen molar-refractivity contribution < 1.29 is 24.3 Å². The van der Waals surface area contributed by atoms with Crippen molar-refractivity contribution in [3.8, 4) is 0 Å². The molecule has 50 heavy (non-hydrogen) atoms. The zero-order valence-electron chi connectivity index (χ0n) is 26.9. The number of esters is 1. The minimum Gasteiger partial charge on any atom is -0.476 e. The Morgan fingerprint density at radius 2 is 1.16 bits per heavy atom. The van der Waals surface area contributed by atoms with Crippen LogP contribution in [0.15, 0.2) is 162 Å². The van der Waals surface area contributed by atoms with Crippen molar-refractivity contribution in [3.63, 3.8) is 0 Å². The summed E-state index contributed by atoms with van der Waals surface area (Å²) in [6.45, 7) is 0. The van der Waals surface area contributed by atoms with Crippen LogP contribution in [0.3, 0.4) is 0 Å². The van der Waals surface area contributed by atoms with E-state index < -0.39 is 34.9 Å². The van der Waals surface area contributed by atoms with E-state index in [0.29, 0.717) is 18.0 Å². The van der Waals surface area contributed by atoms with Crippen LogP contribution in [-0.4, -0.2) is 33.3 Å². The van der Waals surface area contributed by atoms with Crippen LogP contribution in [0.5, 0.6) is 0 Å². The molecule has 0 amide bonds. The first-order valence-corrected chi connectivity index (χ1v) is 17.1. The highest BCUT2D eigenvalue weighted by Crippen LogP contribution is 2.44. The van der Waals surface area contributed by atoms with Crippen molar-refractivity contribution >= 4 is 34.1 Å². The summed E-state index contributed by atoms with van der Waals surface area (Å²) in [5.41, 5.74) is 1.98. The first-order valence-electron chi connectivity index (χ1n) is 16.2. The Bertz CT molecular complexity index is 1950. The number of anilines is 1. The fraction of sp³-hybridized carbons (Fsp3) is 0.122. The van der Waals surface area contributed by atoms with E-state index in [2.05, 4.69) is 15.5 Å². The van der Waals surface area contributed by atoms with Crippen LogP contribution in [-0.2, 0) is 24.7 Å². The van der Waals surface area contributed by atoms with Gasteiger partial charge in [-0.25, -0.2) is 14.6 Å². The van der Waals surface area contributed by atoms with Gasteiger partial charge in [0.1, 0.15) is 11.2 Å². The van der Waals surface area contributed by atoms with Crippen LogP contribution in [0.2, 0.25) is 0 Å². The molecule has 2 N–H and O–H groups in total. The van der Waals surface area contributed by atoms with Crippen molar-refractivity contribution in [1.82, 2.24) is 4.98 Å². The number of hydrogen-bond acceptors (Lipinski definition) is 8. The normalized spacial score (nSPS) is 13.7. The summed E-state index contributed by atoms with van der Waals surface area (Å²) in [5.74, 6) is -1.94. The molecule has 8 nitrogen and oxygen atoms in total. The SMILES string of the molecule is O=C(O)/C(=N\OC1(C(=O)OC(c2ccccc2)c2ccccc2)CC1)c1csc(NC(c2ccccc2)(c2ccccc2)c2ccccc2)n1. The van der Waals surface area contributed by atoms with Gasteiger partial charge in [-0.15, -0.1) is 11.3 Å². The Morgan fingerprint density at radius 1 is 0.720 bits per heavy atom. The number of oxime groups is 1. The molecule has 5 aromatic carbocycles. The number of ether oxygens (including phenoxy) is 1. The minimum atomic E-state index is -1.39. The zero-order chi connectivity index (χ0) is 34.4. The molecule has 0 radical (unpaired) electrons. The van der Waals surface area contributed by atoms with Gasteiger partial charge in [-0.3, -0.25) is 0 Å². The summed E-state index contributed by atoms with van der Waals surface area (Å²) in [4.78, 5) is 36.5. The molecule has 0 bridgehead atoms. The second-order valence-electron chi connectivity index (χ2n) is 11.9. The summed E-state index contributed by atoms with van der Waals surface area (Å²) in [6.07, 6.45) is 0.0203. The van der Waals surface area contributed by atoms with Crippen molar-refractivity contribution in [2.24, 2.45) is 5.16 Å². The quantitative estimate of drug-likeness (QED) is 0.0548. The molecule has 1 fully saturated rings. The Hall–Kier alpha value is -6.06. The highest BCUT2D eigenvalue weighted by Gasteiger charge is 2.56. The van der Waals surface area contributed by atoms with E-state index in [4.69, 9.17) is 9.57 Å². The second-order valence-corrected chi connectivity index (χ2v) is 12.8. The van der Waals surface area contributed by atoms with Crippen LogP contribution in [0.4, 0.5) is 5.13 Å². The van der Waals surface area contributed by atoms with Crippen molar-refractivity contribution in [3.05, 3.63) is 191 Å². The van der Waals surface area contributed by atoms with E-state index >= 15 is 0 Å². The number of nitrogens with one attached hydrogen (secondary N) is 1. The molecule has 1 heterocycles. The molecule has 1 saturated carbocycles. The van der Waals surface area contributed by atoms with Gasteiger partial charge < -0.3 is 20.0 Å². The third kappa shape index (κ3) is 6.63. The van der Waals surface area contributed by atoms with Crippen molar-refractivity contribution in [2.75, 3.05) is 5.32 Å². The number of carbonyl (C=O) groups is 2. The average Bonchev–Trinajstić information content (AvgIpc) is 3.84. The summed E-state index contributed by atoms with van der Waals surface area (Å²) in [6, 6.07) is 49.0. The van der Waals surface area contributed by atoms with E-state index in [1.54, 1.807) is 5.38 Å². The van der Waals surface area contributed by atoms with Gasteiger partial charge in [0.15, 0.2) is 11.2 Å². The number of rotatable bonds is 13. The van der Waals surface area contributed by atoms with Gasteiger partial charge in [0.05, 0.1) is 0 Å². The van der Waals surface area contributed by atoms with Crippen LogP contribution in [0.25, 0.3) is 0 Å². The van der Waals surface area contributed by atoms with Crippen LogP contribution >= 0.6 is 11.3 Å². The van der Waals surface area contributed by atoms with Gasteiger partial charge in [-0.05, 0) is 27.8 Å². The Balaban J connectivity index is 1.17. The molecule has 0 unspecified atom stereocenters. The second kappa shape index (κ2) is 14.2. The van der Waals surface area contributed by atoms with E-state index in [0.717, 1.165) is 27.8 Å². The molecule has 0 aliphatic heterocycles. The number of carbonyl (C=O) groups excluding carboxylic acids is 1. The first kappa shape index (κ1) is 32.5. The van der Waals surface area contributed by atoms with E-state index in [9.17, 15) is 14.7 Å². The molecule has 248 valence electrons. The van der Waals surface area contributed by atoms with Gasteiger partial charge in [-0.1, -0.05) is 157 Å². The van der Waals surface area contributed by atoms with Crippen molar-refractivity contribution in [2.45, 2.75) is 30.1 Å². The van der Waals surface area contributed by atoms with Crippen LogP contribution in [0, 0.1) is 0 Å². The average molecular weight is 680 g/mol. The summed E-state index contributed by atoms with van der Waals surface area (Å²) >= 11 is 1.25. The lowest BCUT2D eigenvalue weighted by molar-refractivity contribution is -0.164. The van der Waals surface area contributed by atoms with Gasteiger partial charge in [-0.2, -0.15) is 0 Å². The largest absolute Gasteiger partial charge is 0.476 e. The Labute approximate surface area is 293 Å². The van der Waals surface area contributed by atoms with Crippen LogP contribution < -0.4 is 5.32 Å². The lowest BCUT2D eigenvalue weighted by Gasteiger charge is -2.36. The number of aliphatic carboxylic acids is 1. The molecule has 1 aliphatic carbocycles. The molecule has 1 aliphatic rings. The number of carboxylic acids is 1. The molecule has 7 rings (SSSR count). The van der Waals surface area contributed by atoms with Gasteiger partial charge in [0.2, 0.25) is 11.3 Å². The topological polar surface area (TPSA) is 110 Å². The summed E-state index contributed by atoms with van der Waals surface area (Å²) < 4.78 is 6.03. The number of benzene rings is 5. The summed E-state index contributed by atoms with van der Waals surface area (Å²) in [5, 5.41) is 20.0. The molecule has 0 saturated heterocycles. The van der Waals surface area contributed by atoms with E-state index in [1.807, 2.05) is 152 Å². The standard InChI is InChI=1S/C41H33N3O5S/c45-37(46)35(44-49-40(26-27-40)38(47)48-36(29-16-6-1-7-17-29)30-18-8-2-9-19-30)34-28-50-39(42-34)43-41(31-20-10-3-11-21-31,32-22-12-4-13-23-32)33-24-14-5-15-25-33/h1-25,28,36H,26-27H2,(H,42,43)(H,45,46)/b44-35-. The lowest BCUT2D eigenvalue weighted by atomic mass is 9.77. The molecular formula is C41H33N3O5S. The molecule has 1 aromatic heterocycles.